The third-order valence-corrected chi connectivity index (χ3v) is 4.75. The van der Waals surface area contributed by atoms with E-state index < -0.39 is 0 Å². The molecule has 0 saturated heterocycles. The molecule has 0 saturated carbocycles. The fourth-order valence-electron chi connectivity index (χ4n) is 2.98. The van der Waals surface area contributed by atoms with E-state index in [1.165, 1.54) is 0 Å². The fourth-order valence-corrected chi connectivity index (χ4v) is 2.98. The van der Waals surface area contributed by atoms with Crippen LogP contribution in [-0.2, 0) is 0 Å². The second kappa shape index (κ2) is 8.51. The molecule has 1 aliphatic heterocycles. The highest BCUT2D eigenvalue weighted by Gasteiger charge is 2.25. The zero-order valence-electron chi connectivity index (χ0n) is 15.6. The molecule has 3 unspecified atom stereocenters. The van der Waals surface area contributed by atoms with E-state index in [9.17, 15) is 5.11 Å². The normalized spacial score (nSPS) is 16.5. The Bertz CT molecular complexity index is 719. The molecule has 1 aromatic heterocycles. The third-order valence-electron chi connectivity index (χ3n) is 4.75. The number of nitrogens with zero attached hydrogens (tertiary/aromatic N) is 2. The van der Waals surface area contributed by atoms with Gasteiger partial charge in [0.05, 0.1) is 12.1 Å². The first-order valence-corrected chi connectivity index (χ1v) is 9.27. The maximum atomic E-state index is 10.0. The molecule has 2 N–H and O–H groups in total. The van der Waals surface area contributed by atoms with Crippen LogP contribution in [0.3, 0.4) is 0 Å². The number of hydrogen-bond acceptors (Lipinski definition) is 7. The number of aliphatic hydroxyl groups excluding tert-OH is 1. The van der Waals surface area contributed by atoms with Gasteiger partial charge in [0.15, 0.2) is 11.5 Å². The lowest BCUT2D eigenvalue weighted by molar-refractivity contribution is 0.146. The van der Waals surface area contributed by atoms with E-state index in [1.807, 2.05) is 18.2 Å². The van der Waals surface area contributed by atoms with E-state index in [1.54, 1.807) is 0 Å². The van der Waals surface area contributed by atoms with Gasteiger partial charge < -0.3 is 24.4 Å². The van der Waals surface area contributed by atoms with E-state index >= 15 is 0 Å². The minimum atomic E-state index is -0.372. The molecule has 1 aromatic carbocycles. The molecular weight excluding hydrogens is 334 g/mol. The predicted octanol–water partition coefficient (Wildman–Crippen LogP) is 3.30. The van der Waals surface area contributed by atoms with Crippen molar-refractivity contribution < 1.29 is 19.1 Å². The smallest absolute Gasteiger partial charge is 0.244 e. The van der Waals surface area contributed by atoms with Crippen molar-refractivity contribution in [3.8, 4) is 22.9 Å². The van der Waals surface area contributed by atoms with E-state index in [0.29, 0.717) is 29.9 Å². The van der Waals surface area contributed by atoms with Gasteiger partial charge in [0, 0.05) is 12.1 Å². The quantitative estimate of drug-likeness (QED) is 0.708. The van der Waals surface area contributed by atoms with Gasteiger partial charge in [-0.1, -0.05) is 38.8 Å². The Hall–Kier alpha value is -2.12. The van der Waals surface area contributed by atoms with Crippen LogP contribution >= 0.6 is 0 Å². The summed E-state index contributed by atoms with van der Waals surface area (Å²) in [7, 11) is 0. The summed E-state index contributed by atoms with van der Waals surface area (Å²) in [4.78, 5) is 4.58. The topological polar surface area (TPSA) is 89.6 Å². The van der Waals surface area contributed by atoms with Gasteiger partial charge in [0.1, 0.15) is 0 Å². The Balaban J connectivity index is 1.76. The first-order valence-electron chi connectivity index (χ1n) is 9.27. The summed E-state index contributed by atoms with van der Waals surface area (Å²) in [5, 5.41) is 17.5. The van der Waals surface area contributed by atoms with Crippen LogP contribution in [0.5, 0.6) is 11.5 Å². The number of nitrogens with one attached hydrogen (secondary N) is 1. The number of rotatable bonds is 9. The van der Waals surface area contributed by atoms with Gasteiger partial charge in [0.25, 0.3) is 0 Å². The van der Waals surface area contributed by atoms with E-state index in [0.717, 1.165) is 30.6 Å². The zero-order chi connectivity index (χ0) is 18.5. The predicted molar refractivity (Wildman–Crippen MR) is 97.0 cm³/mol. The van der Waals surface area contributed by atoms with E-state index in [-0.39, 0.29) is 18.9 Å². The number of hydrogen-bond donors (Lipinski definition) is 2. The van der Waals surface area contributed by atoms with E-state index in [2.05, 4.69) is 36.2 Å². The molecule has 0 aliphatic carbocycles. The molecule has 7 heteroatoms. The highest BCUT2D eigenvalue weighted by atomic mass is 16.7. The molecule has 0 radical (unpaired) electrons. The Morgan fingerprint density at radius 1 is 1.23 bits per heavy atom. The Morgan fingerprint density at radius 2 is 2.04 bits per heavy atom. The number of benzene rings is 1. The fraction of sp³-hybridized carbons (Fsp3) is 0.579. The molecule has 2 aromatic rings. The largest absolute Gasteiger partial charge is 0.454 e. The van der Waals surface area contributed by atoms with Crippen LogP contribution in [0, 0.1) is 5.92 Å². The summed E-state index contributed by atoms with van der Waals surface area (Å²) in [6.45, 7) is 7.05. The maximum absolute atomic E-state index is 10.0. The summed E-state index contributed by atoms with van der Waals surface area (Å²) in [6.07, 6.45) is 2.31. The van der Waals surface area contributed by atoms with Crippen molar-refractivity contribution in [3.05, 3.63) is 24.1 Å². The molecule has 0 spiro atoms. The van der Waals surface area contributed by atoms with Gasteiger partial charge in [-0.05, 0) is 30.5 Å². The van der Waals surface area contributed by atoms with Crippen LogP contribution in [-0.4, -0.2) is 34.7 Å². The summed E-state index contributed by atoms with van der Waals surface area (Å²) in [6, 6.07) is 5.49. The molecular formula is C19H27N3O4. The molecule has 3 atom stereocenters. The van der Waals surface area contributed by atoms with Crippen molar-refractivity contribution >= 4 is 0 Å². The van der Waals surface area contributed by atoms with Crippen molar-refractivity contribution in [2.75, 3.05) is 13.3 Å². The van der Waals surface area contributed by atoms with Gasteiger partial charge in [-0.3, -0.25) is 0 Å². The maximum Gasteiger partial charge on any atom is 0.244 e. The van der Waals surface area contributed by atoms with Gasteiger partial charge in [-0.25, -0.2) is 0 Å². The van der Waals surface area contributed by atoms with Gasteiger partial charge in [0.2, 0.25) is 18.5 Å². The Morgan fingerprint density at radius 3 is 2.81 bits per heavy atom. The average molecular weight is 361 g/mol. The average Bonchev–Trinajstić information content (AvgIpc) is 3.30. The van der Waals surface area contributed by atoms with Crippen LogP contribution in [0.2, 0.25) is 0 Å². The lowest BCUT2D eigenvalue weighted by Crippen LogP contribution is -2.33. The summed E-state index contributed by atoms with van der Waals surface area (Å²) < 4.78 is 16.3. The molecule has 26 heavy (non-hydrogen) atoms. The van der Waals surface area contributed by atoms with Crippen molar-refractivity contribution in [2.45, 2.75) is 52.2 Å². The first-order chi connectivity index (χ1) is 12.6. The van der Waals surface area contributed by atoms with Gasteiger partial charge in [-0.2, -0.15) is 4.98 Å². The SMILES string of the molecule is CCCC(O)CNC(c1nc(-c2ccc3c(c2)OCO3)no1)C(C)CC. The highest BCUT2D eigenvalue weighted by Crippen LogP contribution is 2.35. The number of aromatic nitrogens is 2. The van der Waals surface area contributed by atoms with Crippen LogP contribution < -0.4 is 14.8 Å². The van der Waals surface area contributed by atoms with Crippen LogP contribution in [0.25, 0.3) is 11.4 Å². The van der Waals surface area contributed by atoms with Crippen LogP contribution in [0.15, 0.2) is 22.7 Å². The summed E-state index contributed by atoms with van der Waals surface area (Å²) >= 11 is 0. The minimum Gasteiger partial charge on any atom is -0.454 e. The lowest BCUT2D eigenvalue weighted by atomic mass is 9.98. The van der Waals surface area contributed by atoms with Crippen LogP contribution in [0.1, 0.15) is 52.0 Å². The van der Waals surface area contributed by atoms with Crippen molar-refractivity contribution in [3.63, 3.8) is 0 Å². The monoisotopic (exact) mass is 361 g/mol. The summed E-state index contributed by atoms with van der Waals surface area (Å²) in [5.74, 6) is 2.77. The van der Waals surface area contributed by atoms with Gasteiger partial charge in [-0.15, -0.1) is 0 Å². The minimum absolute atomic E-state index is 0.0956. The lowest BCUT2D eigenvalue weighted by Gasteiger charge is -2.22. The molecule has 1 aliphatic rings. The standard InChI is InChI=1S/C19H27N3O4/c1-4-6-14(23)10-20-17(12(3)5-2)19-21-18(22-26-19)13-7-8-15-16(9-13)25-11-24-15/h7-9,12,14,17,20,23H,4-6,10-11H2,1-3H3. The second-order valence-corrected chi connectivity index (χ2v) is 6.74. The van der Waals surface area contributed by atoms with E-state index in [4.69, 9.17) is 14.0 Å². The molecule has 7 nitrogen and oxygen atoms in total. The Kier molecular flexibility index (Phi) is 6.11. The molecule has 3 rings (SSSR count). The first kappa shape index (κ1) is 18.7. The molecule has 142 valence electrons. The van der Waals surface area contributed by atoms with Crippen molar-refractivity contribution in [1.29, 1.82) is 0 Å². The summed E-state index contributed by atoms with van der Waals surface area (Å²) in [5.41, 5.74) is 0.818. The molecule has 0 bridgehead atoms. The number of aliphatic hydroxyl groups is 1. The third kappa shape index (κ3) is 4.16. The Labute approximate surface area is 153 Å². The molecule has 2 heterocycles. The molecule has 0 fully saturated rings. The van der Waals surface area contributed by atoms with Gasteiger partial charge >= 0.3 is 0 Å². The molecule has 0 amide bonds. The second-order valence-electron chi connectivity index (χ2n) is 6.74. The number of ether oxygens (including phenoxy) is 2. The zero-order valence-corrected chi connectivity index (χ0v) is 15.6. The number of fused-ring (bicyclic) bond motifs is 1. The van der Waals surface area contributed by atoms with Crippen LogP contribution in [0.4, 0.5) is 0 Å². The van der Waals surface area contributed by atoms with Crippen molar-refractivity contribution in [2.24, 2.45) is 5.92 Å². The highest BCUT2D eigenvalue weighted by molar-refractivity contribution is 5.61. The van der Waals surface area contributed by atoms with Crippen molar-refractivity contribution in [1.82, 2.24) is 15.5 Å².